The van der Waals surface area contributed by atoms with Crippen LogP contribution in [-0.4, -0.2) is 5.16 Å². The molecule has 0 saturated heterocycles. The van der Waals surface area contributed by atoms with Crippen molar-refractivity contribution in [3.63, 3.8) is 0 Å². The molecule has 0 bridgehead atoms. The van der Waals surface area contributed by atoms with Crippen LogP contribution in [0.4, 0.5) is 11.4 Å². The Morgan fingerprint density at radius 1 is 1.35 bits per heavy atom. The van der Waals surface area contributed by atoms with Gasteiger partial charge in [-0.25, -0.2) is 0 Å². The molecule has 1 aromatic carbocycles. The van der Waals surface area contributed by atoms with Crippen molar-refractivity contribution in [2.75, 3.05) is 11.1 Å². The van der Waals surface area contributed by atoms with E-state index in [4.69, 9.17) is 21.9 Å². The zero-order valence-electron chi connectivity index (χ0n) is 9.75. The van der Waals surface area contributed by atoms with Crippen LogP contribution in [0.2, 0.25) is 5.02 Å². The largest absolute Gasteiger partial charge is 0.398 e. The van der Waals surface area contributed by atoms with E-state index in [0.29, 0.717) is 17.3 Å². The number of hydrogen-bond donors (Lipinski definition) is 2. The Morgan fingerprint density at radius 3 is 2.76 bits per heavy atom. The summed E-state index contributed by atoms with van der Waals surface area (Å²) in [4.78, 5) is 0. The van der Waals surface area contributed by atoms with Gasteiger partial charge in [0.15, 0.2) is 0 Å². The zero-order valence-corrected chi connectivity index (χ0v) is 10.5. The van der Waals surface area contributed by atoms with Crippen LogP contribution in [0.25, 0.3) is 0 Å². The van der Waals surface area contributed by atoms with Crippen LogP contribution in [0.5, 0.6) is 0 Å². The lowest BCUT2D eigenvalue weighted by atomic mass is 10.1. The Bertz CT molecular complexity index is 537. The second-order valence-corrected chi connectivity index (χ2v) is 4.38. The quantitative estimate of drug-likeness (QED) is 0.823. The van der Waals surface area contributed by atoms with Crippen molar-refractivity contribution in [3.8, 4) is 0 Å². The molecule has 0 fully saturated rings. The Hall–Kier alpha value is -1.68. The molecule has 0 spiro atoms. The van der Waals surface area contributed by atoms with Gasteiger partial charge in [0.2, 0.25) is 0 Å². The van der Waals surface area contributed by atoms with E-state index in [1.165, 1.54) is 0 Å². The number of nitrogen functional groups attached to an aromatic ring is 1. The summed E-state index contributed by atoms with van der Waals surface area (Å²) in [6.45, 7) is 4.43. The van der Waals surface area contributed by atoms with Gasteiger partial charge in [0, 0.05) is 11.8 Å². The molecular weight excluding hydrogens is 238 g/mol. The summed E-state index contributed by atoms with van der Waals surface area (Å²) >= 11 is 5.97. The number of aryl methyl sites for hydroxylation is 2. The van der Waals surface area contributed by atoms with Gasteiger partial charge in [-0.1, -0.05) is 16.8 Å². The average molecular weight is 252 g/mol. The molecule has 0 aliphatic carbocycles. The van der Waals surface area contributed by atoms with Gasteiger partial charge in [0.1, 0.15) is 11.5 Å². The number of rotatable bonds is 3. The van der Waals surface area contributed by atoms with E-state index < -0.39 is 0 Å². The van der Waals surface area contributed by atoms with E-state index in [2.05, 4.69) is 10.5 Å². The van der Waals surface area contributed by atoms with Gasteiger partial charge in [0.05, 0.1) is 17.3 Å². The van der Waals surface area contributed by atoms with E-state index in [1.54, 1.807) is 0 Å². The average Bonchev–Trinajstić information content (AvgIpc) is 2.68. The van der Waals surface area contributed by atoms with Crippen LogP contribution in [0, 0.1) is 13.8 Å². The lowest BCUT2D eigenvalue weighted by Crippen LogP contribution is -2.02. The summed E-state index contributed by atoms with van der Waals surface area (Å²) in [6, 6.07) is 5.55. The van der Waals surface area contributed by atoms with Crippen molar-refractivity contribution >= 4 is 23.0 Å². The third kappa shape index (κ3) is 2.71. The fraction of sp³-hybridized carbons (Fsp3) is 0.250. The van der Waals surface area contributed by atoms with Crippen LogP contribution < -0.4 is 11.1 Å². The topological polar surface area (TPSA) is 64.1 Å². The molecule has 90 valence electrons. The molecule has 0 aliphatic heterocycles. The molecule has 0 aliphatic rings. The minimum absolute atomic E-state index is 0.550. The lowest BCUT2D eigenvalue weighted by molar-refractivity contribution is 0.391. The van der Waals surface area contributed by atoms with Crippen LogP contribution in [0.1, 0.15) is 17.0 Å². The van der Waals surface area contributed by atoms with Crippen molar-refractivity contribution in [3.05, 3.63) is 40.2 Å². The highest BCUT2D eigenvalue weighted by Crippen LogP contribution is 2.26. The number of nitrogens with zero attached hydrogens (tertiary/aromatic N) is 1. The molecule has 2 rings (SSSR count). The van der Waals surface area contributed by atoms with Crippen molar-refractivity contribution in [1.29, 1.82) is 0 Å². The summed E-state index contributed by atoms with van der Waals surface area (Å²) in [5.41, 5.74) is 9.16. The maximum Gasteiger partial charge on any atom is 0.133 e. The Balaban J connectivity index is 2.11. The monoisotopic (exact) mass is 251 g/mol. The molecule has 0 saturated carbocycles. The van der Waals surface area contributed by atoms with E-state index in [9.17, 15) is 0 Å². The van der Waals surface area contributed by atoms with Gasteiger partial charge in [-0.15, -0.1) is 0 Å². The molecule has 0 radical (unpaired) electrons. The minimum Gasteiger partial charge on any atom is -0.398 e. The number of nitrogens with two attached hydrogens (primary N) is 1. The van der Waals surface area contributed by atoms with Gasteiger partial charge in [-0.3, -0.25) is 0 Å². The van der Waals surface area contributed by atoms with Gasteiger partial charge in [-0.2, -0.15) is 0 Å². The third-order valence-electron chi connectivity index (χ3n) is 2.48. The third-order valence-corrected chi connectivity index (χ3v) is 2.81. The second kappa shape index (κ2) is 4.67. The summed E-state index contributed by atoms with van der Waals surface area (Å²) in [6.07, 6.45) is 0. The highest BCUT2D eigenvalue weighted by atomic mass is 35.5. The number of nitrogens with one attached hydrogen (secondary N) is 1. The molecular formula is C12H14ClN3O. The normalized spacial score (nSPS) is 10.5. The molecule has 0 atom stereocenters. The smallest absolute Gasteiger partial charge is 0.133 e. The standard InChI is InChI=1S/C12H14ClN3O/c1-7-3-11(14)10(13)5-12(7)15-6-9-4-8(2)17-16-9/h3-5,15H,6,14H2,1-2H3. The van der Waals surface area contributed by atoms with Crippen molar-refractivity contribution < 1.29 is 4.52 Å². The molecule has 3 N–H and O–H groups in total. The highest BCUT2D eigenvalue weighted by Gasteiger charge is 2.05. The SMILES string of the molecule is Cc1cc(CNc2cc(Cl)c(N)cc2C)no1. The predicted molar refractivity (Wildman–Crippen MR) is 69.2 cm³/mol. The van der Waals surface area contributed by atoms with E-state index in [0.717, 1.165) is 22.7 Å². The summed E-state index contributed by atoms with van der Waals surface area (Å²) < 4.78 is 4.99. The molecule has 2 aromatic rings. The van der Waals surface area contributed by atoms with Crippen LogP contribution in [0.15, 0.2) is 22.7 Å². The number of anilines is 2. The molecule has 0 unspecified atom stereocenters. The molecule has 1 aromatic heterocycles. The fourth-order valence-electron chi connectivity index (χ4n) is 1.58. The molecule has 0 amide bonds. The first-order chi connectivity index (χ1) is 8.06. The summed E-state index contributed by atoms with van der Waals surface area (Å²) in [5.74, 6) is 0.800. The van der Waals surface area contributed by atoms with E-state index in [1.807, 2.05) is 32.0 Å². The first kappa shape index (κ1) is 11.8. The van der Waals surface area contributed by atoms with Gasteiger partial charge < -0.3 is 15.6 Å². The Labute approximate surface area is 105 Å². The van der Waals surface area contributed by atoms with Gasteiger partial charge in [-0.05, 0) is 31.5 Å². The maximum absolute atomic E-state index is 5.97. The molecule has 1 heterocycles. The maximum atomic E-state index is 5.97. The first-order valence-electron chi connectivity index (χ1n) is 5.28. The molecule has 4 nitrogen and oxygen atoms in total. The predicted octanol–water partition coefficient (Wildman–Crippen LogP) is 3.14. The van der Waals surface area contributed by atoms with Crippen molar-refractivity contribution in [2.45, 2.75) is 20.4 Å². The second-order valence-electron chi connectivity index (χ2n) is 3.97. The Morgan fingerprint density at radius 2 is 2.12 bits per heavy atom. The van der Waals surface area contributed by atoms with Crippen molar-refractivity contribution in [1.82, 2.24) is 5.16 Å². The fourth-order valence-corrected chi connectivity index (χ4v) is 1.75. The van der Waals surface area contributed by atoms with Gasteiger partial charge >= 0.3 is 0 Å². The van der Waals surface area contributed by atoms with Crippen LogP contribution in [0.3, 0.4) is 0 Å². The highest BCUT2D eigenvalue weighted by molar-refractivity contribution is 6.33. The number of halogens is 1. The number of hydrogen-bond acceptors (Lipinski definition) is 4. The number of benzene rings is 1. The summed E-state index contributed by atoms with van der Waals surface area (Å²) in [5, 5.41) is 7.70. The molecule has 17 heavy (non-hydrogen) atoms. The first-order valence-corrected chi connectivity index (χ1v) is 5.66. The minimum atomic E-state index is 0.550. The van der Waals surface area contributed by atoms with E-state index >= 15 is 0 Å². The van der Waals surface area contributed by atoms with E-state index in [-0.39, 0.29) is 0 Å². The lowest BCUT2D eigenvalue weighted by Gasteiger charge is -2.10. The Kier molecular flexibility index (Phi) is 3.24. The van der Waals surface area contributed by atoms with Crippen LogP contribution in [-0.2, 0) is 6.54 Å². The molecule has 5 heteroatoms. The van der Waals surface area contributed by atoms with Gasteiger partial charge in [0.25, 0.3) is 0 Å². The zero-order chi connectivity index (χ0) is 12.4. The number of aromatic nitrogens is 1. The summed E-state index contributed by atoms with van der Waals surface area (Å²) in [7, 11) is 0. The van der Waals surface area contributed by atoms with Crippen molar-refractivity contribution in [2.24, 2.45) is 0 Å². The van der Waals surface area contributed by atoms with Crippen LogP contribution >= 0.6 is 11.6 Å².